The van der Waals surface area contributed by atoms with Crippen LogP contribution in [-0.4, -0.2) is 35.0 Å². The maximum Gasteiger partial charge on any atom is 0.300 e. The largest absolute Gasteiger partial charge is 0.361 e. The Labute approximate surface area is 130 Å². The van der Waals surface area contributed by atoms with Crippen molar-refractivity contribution in [2.45, 2.75) is 13.3 Å². The van der Waals surface area contributed by atoms with Crippen LogP contribution in [0.15, 0.2) is 18.2 Å². The molecule has 0 aliphatic carbocycles. The van der Waals surface area contributed by atoms with Gasteiger partial charge in [0.1, 0.15) is 12.6 Å². The second-order valence-electron chi connectivity index (χ2n) is 4.15. The molecule has 0 N–H and O–H groups in total. The second-order valence-corrected chi connectivity index (χ2v) is 4.42. The minimum atomic E-state index is -0.795. The van der Waals surface area contributed by atoms with E-state index in [9.17, 15) is 25.0 Å². The van der Waals surface area contributed by atoms with Crippen LogP contribution in [0.5, 0.6) is 0 Å². The third kappa shape index (κ3) is 4.12. The molecule has 0 unspecified atom stereocenters. The van der Waals surface area contributed by atoms with Crippen LogP contribution in [-0.2, 0) is 9.53 Å². The van der Waals surface area contributed by atoms with Gasteiger partial charge in [-0.3, -0.25) is 29.9 Å². The average Bonchev–Trinajstić information content (AvgIpc) is 2.50. The zero-order chi connectivity index (χ0) is 16.7. The molecular weight excluding hydrogens is 318 g/mol. The number of nitrogens with zero attached hydrogens (tertiary/aromatic N) is 3. The van der Waals surface area contributed by atoms with E-state index in [0.717, 1.165) is 17.0 Å². The summed E-state index contributed by atoms with van der Waals surface area (Å²) in [5.41, 5.74) is -1.56. The van der Waals surface area contributed by atoms with Gasteiger partial charge in [-0.25, -0.2) is 0 Å². The van der Waals surface area contributed by atoms with Crippen molar-refractivity contribution < 1.29 is 19.4 Å². The normalized spacial score (nSPS) is 10.3. The van der Waals surface area contributed by atoms with Gasteiger partial charge in [-0.15, -0.1) is 11.6 Å². The fraction of sp³-hybridized carbons (Fsp3) is 0.417. The van der Waals surface area contributed by atoms with Gasteiger partial charge >= 0.3 is 0 Å². The molecule has 0 aliphatic rings. The number of carbonyl (C=O) groups is 1. The van der Waals surface area contributed by atoms with E-state index in [1.165, 1.54) is 6.07 Å². The van der Waals surface area contributed by atoms with Crippen LogP contribution < -0.4 is 4.90 Å². The maximum absolute atomic E-state index is 11.9. The lowest BCUT2D eigenvalue weighted by Gasteiger charge is -2.21. The molecule has 0 aliphatic heterocycles. The van der Waals surface area contributed by atoms with Crippen molar-refractivity contribution in [3.8, 4) is 0 Å². The predicted molar refractivity (Wildman–Crippen MR) is 79.1 cm³/mol. The van der Waals surface area contributed by atoms with Crippen molar-refractivity contribution in [3.63, 3.8) is 0 Å². The van der Waals surface area contributed by atoms with Gasteiger partial charge in [0.2, 0.25) is 11.6 Å². The second kappa shape index (κ2) is 8.25. The number of amides is 1. The van der Waals surface area contributed by atoms with E-state index in [-0.39, 0.29) is 6.73 Å². The molecule has 0 saturated heterocycles. The molecule has 0 saturated carbocycles. The van der Waals surface area contributed by atoms with Crippen LogP contribution in [0.25, 0.3) is 0 Å². The summed E-state index contributed by atoms with van der Waals surface area (Å²) in [6.07, 6.45) is 0.655. The van der Waals surface area contributed by atoms with Crippen molar-refractivity contribution in [1.29, 1.82) is 0 Å². The summed E-state index contributed by atoms with van der Waals surface area (Å²) < 4.78 is 5.19. The third-order valence-electron chi connectivity index (χ3n) is 2.64. The van der Waals surface area contributed by atoms with Gasteiger partial charge in [-0.05, 0) is 12.5 Å². The highest BCUT2D eigenvalue weighted by molar-refractivity contribution is 6.29. The van der Waals surface area contributed by atoms with Crippen LogP contribution in [0.4, 0.5) is 17.1 Å². The summed E-state index contributed by atoms with van der Waals surface area (Å²) in [5.74, 6) is -1.21. The molecule has 0 radical (unpaired) electrons. The molecule has 0 heterocycles. The lowest BCUT2D eigenvalue weighted by molar-refractivity contribution is -0.392. The van der Waals surface area contributed by atoms with E-state index in [1.54, 1.807) is 0 Å². The predicted octanol–water partition coefficient (Wildman–Crippen LogP) is 2.46. The minimum absolute atomic E-state index is 0.292. The van der Waals surface area contributed by atoms with Crippen LogP contribution in [0, 0.1) is 20.2 Å². The lowest BCUT2D eigenvalue weighted by atomic mass is 10.2. The molecule has 0 fully saturated rings. The highest BCUT2D eigenvalue weighted by atomic mass is 35.5. The molecule has 1 aromatic rings. The first-order valence-electron chi connectivity index (χ1n) is 6.29. The number of para-hydroxylation sites is 1. The van der Waals surface area contributed by atoms with Crippen molar-refractivity contribution >= 4 is 34.6 Å². The molecule has 1 rings (SSSR count). The van der Waals surface area contributed by atoms with Crippen LogP contribution in [0.2, 0.25) is 0 Å². The summed E-state index contributed by atoms with van der Waals surface area (Å²) >= 11 is 5.49. The molecule has 0 bridgehead atoms. The number of benzene rings is 1. The first-order valence-corrected chi connectivity index (χ1v) is 6.83. The fourth-order valence-corrected chi connectivity index (χ4v) is 1.87. The van der Waals surface area contributed by atoms with E-state index in [4.69, 9.17) is 16.3 Å². The smallest absolute Gasteiger partial charge is 0.300 e. The monoisotopic (exact) mass is 331 g/mol. The van der Waals surface area contributed by atoms with Crippen LogP contribution >= 0.6 is 11.6 Å². The van der Waals surface area contributed by atoms with E-state index in [2.05, 4.69) is 0 Å². The topological polar surface area (TPSA) is 116 Å². The number of nitro groups is 2. The average molecular weight is 332 g/mol. The summed E-state index contributed by atoms with van der Waals surface area (Å²) in [6, 6.07) is 3.34. The lowest BCUT2D eigenvalue weighted by Crippen LogP contribution is -2.35. The number of hydrogen-bond acceptors (Lipinski definition) is 6. The molecule has 0 spiro atoms. The summed E-state index contributed by atoms with van der Waals surface area (Å²) in [4.78, 5) is 33.4. The van der Waals surface area contributed by atoms with E-state index in [1.807, 2.05) is 6.92 Å². The summed E-state index contributed by atoms with van der Waals surface area (Å²) in [7, 11) is 0. The van der Waals surface area contributed by atoms with Crippen molar-refractivity contribution in [3.05, 3.63) is 38.4 Å². The molecule has 0 atom stereocenters. The minimum Gasteiger partial charge on any atom is -0.361 e. The van der Waals surface area contributed by atoms with Crippen molar-refractivity contribution in [1.82, 2.24) is 0 Å². The maximum atomic E-state index is 11.9. The summed E-state index contributed by atoms with van der Waals surface area (Å²) in [5, 5.41) is 22.2. The standard InChI is InChI=1S/C12H14ClN3O6/c1-2-6-22-8-14(11(17)7-13)12-9(15(18)19)4-3-5-10(12)16(20)21/h3-5H,2,6-8H2,1H3. The Morgan fingerprint density at radius 2 is 1.82 bits per heavy atom. The number of halogens is 1. The number of anilines is 1. The SMILES string of the molecule is CCCOCN(C(=O)CCl)c1c([N+](=O)[O-])cccc1[N+](=O)[O-]. The molecule has 1 aromatic carbocycles. The van der Waals surface area contributed by atoms with Crippen LogP contribution in [0.3, 0.4) is 0 Å². The number of ether oxygens (including phenoxy) is 1. The number of nitro benzene ring substituents is 2. The zero-order valence-electron chi connectivity index (χ0n) is 11.7. The number of rotatable bonds is 8. The highest BCUT2D eigenvalue weighted by Crippen LogP contribution is 2.37. The van der Waals surface area contributed by atoms with Gasteiger partial charge in [-0.2, -0.15) is 0 Å². The molecule has 22 heavy (non-hydrogen) atoms. The quantitative estimate of drug-likeness (QED) is 0.237. The Balaban J connectivity index is 3.40. The Kier molecular flexibility index (Phi) is 6.67. The van der Waals surface area contributed by atoms with Crippen molar-refractivity contribution in [2.24, 2.45) is 0 Å². The number of alkyl halides is 1. The van der Waals surface area contributed by atoms with Gasteiger partial charge in [0, 0.05) is 18.7 Å². The van der Waals surface area contributed by atoms with Gasteiger partial charge in [-0.1, -0.05) is 6.92 Å². The van der Waals surface area contributed by atoms with E-state index < -0.39 is 38.7 Å². The number of hydrogen-bond donors (Lipinski definition) is 0. The first-order chi connectivity index (χ1) is 10.4. The highest BCUT2D eigenvalue weighted by Gasteiger charge is 2.32. The molecule has 1 amide bonds. The molecule has 9 nitrogen and oxygen atoms in total. The molecule has 10 heteroatoms. The van der Waals surface area contributed by atoms with Gasteiger partial charge in [0.15, 0.2) is 0 Å². The Morgan fingerprint density at radius 1 is 1.27 bits per heavy atom. The first kappa shape index (κ1) is 17.8. The molecule has 0 aromatic heterocycles. The zero-order valence-corrected chi connectivity index (χ0v) is 12.5. The van der Waals surface area contributed by atoms with Crippen LogP contribution in [0.1, 0.15) is 13.3 Å². The van der Waals surface area contributed by atoms with Gasteiger partial charge in [0.05, 0.1) is 9.85 Å². The summed E-state index contributed by atoms with van der Waals surface area (Å²) in [6.45, 7) is 1.77. The van der Waals surface area contributed by atoms with Gasteiger partial charge < -0.3 is 4.74 Å². The Morgan fingerprint density at radius 3 is 2.23 bits per heavy atom. The van der Waals surface area contributed by atoms with E-state index >= 15 is 0 Å². The molecule has 120 valence electrons. The van der Waals surface area contributed by atoms with E-state index in [0.29, 0.717) is 13.0 Å². The number of carbonyl (C=O) groups excluding carboxylic acids is 1. The molecular formula is C12H14ClN3O6. The Bertz CT molecular complexity index is 548. The Hall–Kier alpha value is -2.26. The van der Waals surface area contributed by atoms with Gasteiger partial charge in [0.25, 0.3) is 11.4 Å². The fourth-order valence-electron chi connectivity index (χ4n) is 1.72. The third-order valence-corrected chi connectivity index (χ3v) is 2.87. The van der Waals surface area contributed by atoms with Crippen molar-refractivity contribution in [2.75, 3.05) is 24.1 Å².